The van der Waals surface area contributed by atoms with E-state index in [0.717, 1.165) is 17.8 Å². The van der Waals surface area contributed by atoms with Gasteiger partial charge in [0.1, 0.15) is 10.6 Å². The van der Waals surface area contributed by atoms with Crippen molar-refractivity contribution in [1.29, 1.82) is 0 Å². The molecule has 1 aliphatic rings. The number of nitrogens with zero attached hydrogens (tertiary/aromatic N) is 2. The maximum Gasteiger partial charge on any atom is 0.246 e. The molecule has 0 atom stereocenters. The zero-order chi connectivity index (χ0) is 16.4. The Balaban J connectivity index is 1.81. The number of halogens is 1. The van der Waals surface area contributed by atoms with Gasteiger partial charge in [-0.15, -0.1) is 11.3 Å². The standard InChI is InChI=1S/C15H17ClN2O3S2/c1-21-13-3-2-12(16)10-14(13)23(19,20)18-7-4-11(5-8-18)15-17-6-9-22-15/h2-3,6,9-11H,4-5,7-8H2,1H3. The first-order valence-electron chi connectivity index (χ1n) is 7.25. The molecule has 0 spiro atoms. The highest BCUT2D eigenvalue weighted by Gasteiger charge is 2.32. The maximum atomic E-state index is 12.9. The topological polar surface area (TPSA) is 59.5 Å². The summed E-state index contributed by atoms with van der Waals surface area (Å²) < 4.78 is 32.5. The summed E-state index contributed by atoms with van der Waals surface area (Å²) in [5, 5.41) is 3.42. The lowest BCUT2D eigenvalue weighted by Crippen LogP contribution is -2.38. The van der Waals surface area contributed by atoms with Crippen molar-refractivity contribution in [3.8, 4) is 5.75 Å². The van der Waals surface area contributed by atoms with Gasteiger partial charge in [-0.2, -0.15) is 4.31 Å². The normalized spacial score (nSPS) is 17.3. The summed E-state index contributed by atoms with van der Waals surface area (Å²) in [6.07, 6.45) is 3.34. The number of hydrogen-bond donors (Lipinski definition) is 0. The number of aromatic nitrogens is 1. The molecule has 1 fully saturated rings. The molecule has 1 aromatic heterocycles. The Bertz CT molecular complexity index is 770. The zero-order valence-electron chi connectivity index (χ0n) is 12.6. The van der Waals surface area contributed by atoms with Crippen LogP contribution in [0.25, 0.3) is 0 Å². The summed E-state index contributed by atoms with van der Waals surface area (Å²) in [4.78, 5) is 4.46. The Morgan fingerprint density at radius 1 is 1.35 bits per heavy atom. The number of methoxy groups -OCH3 is 1. The average Bonchev–Trinajstić information content (AvgIpc) is 3.09. The van der Waals surface area contributed by atoms with Crippen molar-refractivity contribution in [3.63, 3.8) is 0 Å². The Labute approximate surface area is 144 Å². The molecule has 0 amide bonds. The SMILES string of the molecule is COc1ccc(Cl)cc1S(=O)(=O)N1CCC(c2nccs2)CC1. The van der Waals surface area contributed by atoms with E-state index in [-0.39, 0.29) is 4.90 Å². The van der Waals surface area contributed by atoms with Gasteiger partial charge in [0.05, 0.1) is 12.1 Å². The van der Waals surface area contributed by atoms with E-state index in [4.69, 9.17) is 16.3 Å². The van der Waals surface area contributed by atoms with Crippen LogP contribution in [-0.4, -0.2) is 37.9 Å². The fourth-order valence-electron chi connectivity index (χ4n) is 2.77. The van der Waals surface area contributed by atoms with Crippen molar-refractivity contribution in [2.75, 3.05) is 20.2 Å². The minimum absolute atomic E-state index is 0.125. The van der Waals surface area contributed by atoms with Crippen molar-refractivity contribution in [3.05, 3.63) is 39.8 Å². The molecule has 1 aliphatic heterocycles. The first-order valence-corrected chi connectivity index (χ1v) is 9.95. The lowest BCUT2D eigenvalue weighted by Gasteiger charge is -2.30. The molecule has 0 N–H and O–H groups in total. The Kier molecular flexibility index (Phi) is 4.91. The third-order valence-electron chi connectivity index (χ3n) is 4.00. The molecular weight excluding hydrogens is 356 g/mol. The molecule has 0 saturated carbocycles. The van der Waals surface area contributed by atoms with Crippen LogP contribution in [0.4, 0.5) is 0 Å². The van der Waals surface area contributed by atoms with E-state index in [0.29, 0.717) is 29.8 Å². The number of sulfonamides is 1. The van der Waals surface area contributed by atoms with E-state index in [1.165, 1.54) is 17.5 Å². The summed E-state index contributed by atoms with van der Waals surface area (Å²) in [5.74, 6) is 0.652. The summed E-state index contributed by atoms with van der Waals surface area (Å²) >= 11 is 7.59. The summed E-state index contributed by atoms with van der Waals surface area (Å²) in [6, 6.07) is 4.65. The second-order valence-corrected chi connectivity index (χ2v) is 8.61. The fourth-order valence-corrected chi connectivity index (χ4v) is 5.47. The minimum Gasteiger partial charge on any atom is -0.495 e. The van der Waals surface area contributed by atoms with Gasteiger partial charge in [0.15, 0.2) is 0 Å². The molecule has 2 heterocycles. The van der Waals surface area contributed by atoms with Crippen LogP contribution in [0.2, 0.25) is 5.02 Å². The molecule has 5 nitrogen and oxygen atoms in total. The van der Waals surface area contributed by atoms with Crippen LogP contribution in [-0.2, 0) is 10.0 Å². The van der Waals surface area contributed by atoms with Crippen molar-refractivity contribution >= 4 is 33.0 Å². The minimum atomic E-state index is -3.61. The number of ether oxygens (including phenoxy) is 1. The second kappa shape index (κ2) is 6.76. The van der Waals surface area contributed by atoms with Crippen LogP contribution < -0.4 is 4.74 Å². The van der Waals surface area contributed by atoms with Crippen molar-refractivity contribution < 1.29 is 13.2 Å². The fraction of sp³-hybridized carbons (Fsp3) is 0.400. The van der Waals surface area contributed by atoms with E-state index < -0.39 is 10.0 Å². The van der Waals surface area contributed by atoms with Gasteiger partial charge in [-0.3, -0.25) is 0 Å². The molecule has 1 aromatic carbocycles. The molecule has 1 saturated heterocycles. The average molecular weight is 373 g/mol. The first-order chi connectivity index (χ1) is 11.0. The van der Waals surface area contributed by atoms with Crippen LogP contribution in [0.3, 0.4) is 0 Å². The quantitative estimate of drug-likeness (QED) is 0.825. The predicted octanol–water partition coefficient (Wildman–Crippen LogP) is 3.37. The van der Waals surface area contributed by atoms with E-state index in [1.54, 1.807) is 29.7 Å². The van der Waals surface area contributed by atoms with E-state index in [1.807, 2.05) is 5.38 Å². The molecule has 0 bridgehead atoms. The van der Waals surface area contributed by atoms with Gasteiger partial charge in [-0.1, -0.05) is 11.6 Å². The molecular formula is C15H17ClN2O3S2. The molecule has 3 rings (SSSR count). The van der Waals surface area contributed by atoms with Gasteiger partial charge < -0.3 is 4.74 Å². The van der Waals surface area contributed by atoms with Crippen molar-refractivity contribution in [2.24, 2.45) is 0 Å². The number of rotatable bonds is 4. The second-order valence-electron chi connectivity index (χ2n) is 5.34. The van der Waals surface area contributed by atoms with Crippen LogP contribution >= 0.6 is 22.9 Å². The largest absolute Gasteiger partial charge is 0.495 e. The van der Waals surface area contributed by atoms with Gasteiger partial charge >= 0.3 is 0 Å². The molecule has 0 unspecified atom stereocenters. The van der Waals surface area contributed by atoms with Crippen LogP contribution in [0, 0.1) is 0 Å². The van der Waals surface area contributed by atoms with E-state index in [2.05, 4.69) is 4.98 Å². The number of piperidine rings is 1. The van der Waals surface area contributed by atoms with Gasteiger partial charge in [0, 0.05) is 35.6 Å². The highest BCUT2D eigenvalue weighted by atomic mass is 35.5. The molecule has 23 heavy (non-hydrogen) atoms. The summed E-state index contributed by atoms with van der Waals surface area (Å²) in [5.41, 5.74) is 0. The van der Waals surface area contributed by atoms with E-state index >= 15 is 0 Å². The predicted molar refractivity (Wildman–Crippen MR) is 90.9 cm³/mol. The van der Waals surface area contributed by atoms with E-state index in [9.17, 15) is 8.42 Å². The number of benzene rings is 1. The Hall–Kier alpha value is -1.15. The monoisotopic (exact) mass is 372 g/mol. The molecule has 2 aromatic rings. The third-order valence-corrected chi connectivity index (χ3v) is 7.09. The molecule has 0 aliphatic carbocycles. The van der Waals surface area contributed by atoms with Gasteiger partial charge in [-0.25, -0.2) is 13.4 Å². The summed E-state index contributed by atoms with van der Waals surface area (Å²) in [7, 11) is -2.16. The van der Waals surface area contributed by atoms with Gasteiger partial charge in [-0.05, 0) is 31.0 Å². The van der Waals surface area contributed by atoms with Gasteiger partial charge in [0.25, 0.3) is 0 Å². The van der Waals surface area contributed by atoms with Crippen LogP contribution in [0.15, 0.2) is 34.7 Å². The smallest absolute Gasteiger partial charge is 0.246 e. The third kappa shape index (κ3) is 3.38. The highest BCUT2D eigenvalue weighted by Crippen LogP contribution is 2.34. The number of hydrogen-bond acceptors (Lipinski definition) is 5. The molecule has 124 valence electrons. The lowest BCUT2D eigenvalue weighted by molar-refractivity contribution is 0.317. The Morgan fingerprint density at radius 3 is 2.70 bits per heavy atom. The van der Waals surface area contributed by atoms with Crippen molar-refractivity contribution in [2.45, 2.75) is 23.7 Å². The Morgan fingerprint density at radius 2 is 2.09 bits per heavy atom. The number of thiazole rings is 1. The van der Waals surface area contributed by atoms with Crippen molar-refractivity contribution in [1.82, 2.24) is 9.29 Å². The molecule has 0 radical (unpaired) electrons. The van der Waals surface area contributed by atoms with Gasteiger partial charge in [0.2, 0.25) is 10.0 Å². The molecule has 8 heteroatoms. The summed E-state index contributed by atoms with van der Waals surface area (Å²) in [6.45, 7) is 0.949. The zero-order valence-corrected chi connectivity index (χ0v) is 15.0. The maximum absolute atomic E-state index is 12.9. The first kappa shape index (κ1) is 16.7. The highest BCUT2D eigenvalue weighted by molar-refractivity contribution is 7.89. The van der Waals surface area contributed by atoms with Crippen LogP contribution in [0.5, 0.6) is 5.75 Å². The van der Waals surface area contributed by atoms with Crippen LogP contribution in [0.1, 0.15) is 23.8 Å². The lowest BCUT2D eigenvalue weighted by atomic mass is 9.99.